The van der Waals surface area contributed by atoms with E-state index >= 15 is 0 Å². The summed E-state index contributed by atoms with van der Waals surface area (Å²) in [5.41, 5.74) is 4.25. The minimum atomic E-state index is -1.26. The molecule has 1 unspecified atom stereocenters. The molecule has 7 nitrogen and oxygen atoms in total. The first-order valence-electron chi connectivity index (χ1n) is 4.47. The zero-order valence-electron chi connectivity index (χ0n) is 8.46. The van der Waals surface area contributed by atoms with Gasteiger partial charge in [0.05, 0.1) is 17.4 Å². The number of nitrogens with two attached hydrogens (primary N) is 1. The van der Waals surface area contributed by atoms with E-state index < -0.39 is 40.6 Å². The van der Waals surface area contributed by atoms with Gasteiger partial charge in [-0.2, -0.15) is 0 Å². The molecule has 1 aromatic carbocycles. The number of carboxylic acid groups (broad SMARTS) is 1. The van der Waals surface area contributed by atoms with Gasteiger partial charge in [-0.25, -0.2) is 4.39 Å². The minimum absolute atomic E-state index is 0.306. The molecule has 1 atom stereocenters. The highest BCUT2D eigenvalue weighted by Crippen LogP contribution is 2.34. The Morgan fingerprint density at radius 2 is 2.18 bits per heavy atom. The van der Waals surface area contributed by atoms with Crippen molar-refractivity contribution in [1.82, 2.24) is 0 Å². The maximum atomic E-state index is 13.0. The highest BCUT2D eigenvalue weighted by atomic mass is 19.1. The number of benzene rings is 1. The van der Waals surface area contributed by atoms with Gasteiger partial charge in [-0.1, -0.05) is 0 Å². The fraction of sp³-hybridized carbons (Fsp3) is 0.222. The number of phenolic OH excluding ortho intramolecular Hbond substituents is 1. The van der Waals surface area contributed by atoms with E-state index in [-0.39, 0.29) is 5.56 Å². The van der Waals surface area contributed by atoms with Crippen LogP contribution in [0, 0.1) is 15.9 Å². The first-order valence-corrected chi connectivity index (χ1v) is 4.47. The van der Waals surface area contributed by atoms with Crippen LogP contribution in [0.25, 0.3) is 0 Å². The van der Waals surface area contributed by atoms with E-state index in [1.165, 1.54) is 0 Å². The summed E-state index contributed by atoms with van der Waals surface area (Å²) < 4.78 is 13.0. The van der Waals surface area contributed by atoms with Crippen LogP contribution in [-0.2, 0) is 4.79 Å². The van der Waals surface area contributed by atoms with Gasteiger partial charge in [0, 0.05) is 11.6 Å². The van der Waals surface area contributed by atoms with Crippen molar-refractivity contribution in [3.63, 3.8) is 0 Å². The molecule has 1 aromatic rings. The van der Waals surface area contributed by atoms with Gasteiger partial charge < -0.3 is 15.9 Å². The number of carbonyl (C=O) groups is 1. The maximum Gasteiger partial charge on any atom is 0.313 e. The van der Waals surface area contributed by atoms with E-state index in [9.17, 15) is 24.4 Å². The van der Waals surface area contributed by atoms with Gasteiger partial charge in [0.25, 0.3) is 0 Å². The zero-order chi connectivity index (χ0) is 13.2. The van der Waals surface area contributed by atoms with E-state index in [1.807, 2.05) is 0 Å². The van der Waals surface area contributed by atoms with Crippen molar-refractivity contribution in [3.05, 3.63) is 33.6 Å². The van der Waals surface area contributed by atoms with Gasteiger partial charge in [0.1, 0.15) is 5.82 Å². The number of phenols is 1. The van der Waals surface area contributed by atoms with Gasteiger partial charge in [-0.15, -0.1) is 0 Å². The number of nitro benzene ring substituents is 1. The predicted molar refractivity (Wildman–Crippen MR) is 53.9 cm³/mol. The number of aliphatic carboxylic acids is 1. The van der Waals surface area contributed by atoms with Crippen LogP contribution in [0.1, 0.15) is 18.0 Å². The molecule has 4 N–H and O–H groups in total. The molecule has 0 amide bonds. The second-order valence-electron chi connectivity index (χ2n) is 3.32. The quantitative estimate of drug-likeness (QED) is 0.533. The molecule has 0 bridgehead atoms. The first kappa shape index (κ1) is 12.8. The van der Waals surface area contributed by atoms with Crippen molar-refractivity contribution in [2.45, 2.75) is 12.5 Å². The molecule has 0 fully saturated rings. The lowest BCUT2D eigenvalue weighted by molar-refractivity contribution is -0.386. The fourth-order valence-corrected chi connectivity index (χ4v) is 1.33. The molecule has 0 aliphatic carbocycles. The number of nitro groups is 1. The summed E-state index contributed by atoms with van der Waals surface area (Å²) >= 11 is 0. The summed E-state index contributed by atoms with van der Waals surface area (Å²) in [4.78, 5) is 19.9. The van der Waals surface area contributed by atoms with Gasteiger partial charge in [-0.3, -0.25) is 14.9 Å². The molecule has 0 saturated heterocycles. The highest BCUT2D eigenvalue weighted by Gasteiger charge is 2.24. The molecule has 0 heterocycles. The molecule has 0 aromatic heterocycles. The largest absolute Gasteiger partial charge is 0.502 e. The number of carboxylic acids is 1. The molecule has 0 radical (unpaired) electrons. The summed E-state index contributed by atoms with van der Waals surface area (Å²) in [7, 11) is 0. The number of aromatic hydroxyl groups is 1. The molecular weight excluding hydrogens is 235 g/mol. The third-order valence-electron chi connectivity index (χ3n) is 2.07. The highest BCUT2D eigenvalue weighted by molar-refractivity contribution is 5.68. The summed E-state index contributed by atoms with van der Waals surface area (Å²) in [5.74, 6) is -3.04. The third-order valence-corrected chi connectivity index (χ3v) is 2.07. The van der Waals surface area contributed by atoms with Crippen LogP contribution in [0.5, 0.6) is 5.75 Å². The summed E-state index contributed by atoms with van der Waals surface area (Å²) in [6.07, 6.45) is -0.575. The van der Waals surface area contributed by atoms with Crippen LogP contribution < -0.4 is 5.73 Å². The Kier molecular flexibility index (Phi) is 3.59. The molecule has 0 aliphatic rings. The monoisotopic (exact) mass is 244 g/mol. The number of halogens is 1. The van der Waals surface area contributed by atoms with Crippen molar-refractivity contribution in [1.29, 1.82) is 0 Å². The number of hydrogen-bond acceptors (Lipinski definition) is 5. The van der Waals surface area contributed by atoms with Crippen molar-refractivity contribution in [3.8, 4) is 5.75 Å². The Bertz CT molecular complexity index is 477. The Hall–Kier alpha value is -2.22. The van der Waals surface area contributed by atoms with Crippen LogP contribution in [0.4, 0.5) is 10.1 Å². The van der Waals surface area contributed by atoms with Crippen LogP contribution >= 0.6 is 0 Å². The lowest BCUT2D eigenvalue weighted by atomic mass is 10.0. The summed E-state index contributed by atoms with van der Waals surface area (Å²) in [6, 6.07) is 0.0873. The van der Waals surface area contributed by atoms with E-state index in [2.05, 4.69) is 0 Å². The Labute approximate surface area is 94.4 Å². The lowest BCUT2D eigenvalue weighted by Gasteiger charge is -2.11. The first-order chi connectivity index (χ1) is 7.82. The van der Waals surface area contributed by atoms with Gasteiger partial charge in [0.15, 0.2) is 5.75 Å². The van der Waals surface area contributed by atoms with Crippen molar-refractivity contribution >= 4 is 11.7 Å². The average molecular weight is 244 g/mol. The smallest absolute Gasteiger partial charge is 0.313 e. The van der Waals surface area contributed by atoms with E-state index in [0.29, 0.717) is 6.07 Å². The Morgan fingerprint density at radius 3 is 2.65 bits per heavy atom. The van der Waals surface area contributed by atoms with Crippen molar-refractivity contribution in [2.24, 2.45) is 5.73 Å². The Balaban J connectivity index is 3.24. The predicted octanol–water partition coefficient (Wildman–Crippen LogP) is 0.914. The SMILES string of the molecule is NC(CC(=O)O)c1cc(F)cc([N+](=O)[O-])c1O. The van der Waals surface area contributed by atoms with E-state index in [0.717, 1.165) is 6.07 Å². The van der Waals surface area contributed by atoms with Crippen LogP contribution in [0.15, 0.2) is 12.1 Å². The van der Waals surface area contributed by atoms with E-state index in [1.54, 1.807) is 0 Å². The van der Waals surface area contributed by atoms with Crippen LogP contribution in [-0.4, -0.2) is 21.1 Å². The number of rotatable bonds is 4. The zero-order valence-corrected chi connectivity index (χ0v) is 8.46. The second-order valence-corrected chi connectivity index (χ2v) is 3.32. The topological polar surface area (TPSA) is 127 Å². The average Bonchev–Trinajstić information content (AvgIpc) is 2.19. The molecule has 1 rings (SSSR count). The third kappa shape index (κ3) is 2.88. The molecule has 92 valence electrons. The van der Waals surface area contributed by atoms with Crippen LogP contribution in [0.2, 0.25) is 0 Å². The molecule has 17 heavy (non-hydrogen) atoms. The number of hydrogen-bond donors (Lipinski definition) is 3. The minimum Gasteiger partial charge on any atom is -0.502 e. The molecular formula is C9H9FN2O5. The standard InChI is InChI=1S/C9H9FN2O5/c10-4-1-5(6(11)3-8(13)14)9(15)7(2-4)12(16)17/h1-2,6,15H,3,11H2,(H,13,14). The molecule has 8 heteroatoms. The van der Waals surface area contributed by atoms with Gasteiger partial charge in [0.2, 0.25) is 0 Å². The number of nitrogens with zero attached hydrogens (tertiary/aromatic N) is 1. The Morgan fingerprint density at radius 1 is 1.59 bits per heavy atom. The normalized spacial score (nSPS) is 12.1. The molecule has 0 aliphatic heterocycles. The fourth-order valence-electron chi connectivity index (χ4n) is 1.33. The van der Waals surface area contributed by atoms with Gasteiger partial charge >= 0.3 is 11.7 Å². The summed E-state index contributed by atoms with van der Waals surface area (Å²) in [6.45, 7) is 0. The maximum absolute atomic E-state index is 13.0. The van der Waals surface area contributed by atoms with E-state index in [4.69, 9.17) is 10.8 Å². The molecule has 0 saturated carbocycles. The van der Waals surface area contributed by atoms with Gasteiger partial charge in [-0.05, 0) is 6.07 Å². The second kappa shape index (κ2) is 4.74. The summed E-state index contributed by atoms with van der Waals surface area (Å²) in [5, 5.41) is 28.5. The van der Waals surface area contributed by atoms with Crippen LogP contribution in [0.3, 0.4) is 0 Å². The lowest BCUT2D eigenvalue weighted by Crippen LogP contribution is -2.15. The van der Waals surface area contributed by atoms with Crippen molar-refractivity contribution in [2.75, 3.05) is 0 Å². The van der Waals surface area contributed by atoms with Crippen molar-refractivity contribution < 1.29 is 24.3 Å². The molecule has 0 spiro atoms.